The van der Waals surface area contributed by atoms with Gasteiger partial charge >= 0.3 is 39.5 Å². The minimum absolute atomic E-state index is 0.109. The molecule has 0 aromatic heterocycles. The molecular formula is C97H190O17P2. The fourth-order valence-corrected chi connectivity index (χ4v) is 16.9. The first-order valence-electron chi connectivity index (χ1n) is 50.0. The fraction of sp³-hybridized carbons (Fsp3) is 0.959. The lowest BCUT2D eigenvalue weighted by Crippen LogP contribution is -2.30. The van der Waals surface area contributed by atoms with Crippen molar-refractivity contribution >= 4 is 39.5 Å². The number of aliphatic hydroxyl groups excluding tert-OH is 1. The largest absolute Gasteiger partial charge is 0.472 e. The third-order valence-corrected chi connectivity index (χ3v) is 25.2. The van der Waals surface area contributed by atoms with Crippen molar-refractivity contribution in [1.82, 2.24) is 0 Å². The van der Waals surface area contributed by atoms with E-state index in [0.717, 1.165) is 102 Å². The summed E-state index contributed by atoms with van der Waals surface area (Å²) in [5.41, 5.74) is 0. The Labute approximate surface area is 715 Å². The molecule has 0 fully saturated rings. The zero-order valence-electron chi connectivity index (χ0n) is 76.8. The summed E-state index contributed by atoms with van der Waals surface area (Å²) >= 11 is 0. The van der Waals surface area contributed by atoms with E-state index in [-0.39, 0.29) is 25.7 Å². The Balaban J connectivity index is 5.22. The van der Waals surface area contributed by atoms with Crippen molar-refractivity contribution in [3.8, 4) is 0 Å². The second-order valence-electron chi connectivity index (χ2n) is 35.5. The first-order chi connectivity index (χ1) is 56.4. The topological polar surface area (TPSA) is 237 Å². The summed E-state index contributed by atoms with van der Waals surface area (Å²) in [6.45, 7) is 9.83. The lowest BCUT2D eigenvalue weighted by atomic mass is 9.99. The van der Waals surface area contributed by atoms with Crippen LogP contribution in [0.4, 0.5) is 0 Å². The van der Waals surface area contributed by atoms with E-state index in [1.165, 1.54) is 347 Å². The molecular weight excluding hydrogens is 1500 g/mol. The van der Waals surface area contributed by atoms with Gasteiger partial charge in [0.05, 0.1) is 26.4 Å². The summed E-state index contributed by atoms with van der Waals surface area (Å²) in [5, 5.41) is 10.7. The number of aliphatic hydroxyl groups is 1. The van der Waals surface area contributed by atoms with Crippen molar-refractivity contribution < 1.29 is 80.2 Å². The number of phosphoric acid groups is 2. The molecule has 0 radical (unpaired) electrons. The maximum Gasteiger partial charge on any atom is 0.472 e. The molecule has 17 nitrogen and oxygen atoms in total. The number of hydrogen-bond donors (Lipinski definition) is 3. The number of esters is 4. The van der Waals surface area contributed by atoms with Gasteiger partial charge in [0.2, 0.25) is 0 Å². The molecule has 0 aliphatic heterocycles. The second-order valence-corrected chi connectivity index (χ2v) is 38.4. The number of ether oxygens (including phenoxy) is 4. The molecule has 6 atom stereocenters. The summed E-state index contributed by atoms with van der Waals surface area (Å²) < 4.78 is 69.2. The van der Waals surface area contributed by atoms with Crippen LogP contribution in [-0.2, 0) is 65.4 Å². The van der Waals surface area contributed by atoms with E-state index in [4.69, 9.17) is 37.0 Å². The van der Waals surface area contributed by atoms with Crippen LogP contribution in [0.25, 0.3) is 0 Å². The maximum absolute atomic E-state index is 13.2. The molecule has 116 heavy (non-hydrogen) atoms. The van der Waals surface area contributed by atoms with Crippen LogP contribution in [0.15, 0.2) is 0 Å². The monoisotopic (exact) mass is 1690 g/mol. The van der Waals surface area contributed by atoms with E-state index in [1.54, 1.807) is 0 Å². The van der Waals surface area contributed by atoms with E-state index in [2.05, 4.69) is 41.5 Å². The lowest BCUT2D eigenvalue weighted by molar-refractivity contribution is -0.161. The average molecular weight is 1690 g/mol. The summed E-state index contributed by atoms with van der Waals surface area (Å²) in [7, 11) is -9.94. The number of carbonyl (C=O) groups is 4. The van der Waals surface area contributed by atoms with Gasteiger partial charge in [-0.05, 0) is 37.5 Å². The van der Waals surface area contributed by atoms with Gasteiger partial charge in [-0.25, -0.2) is 9.13 Å². The van der Waals surface area contributed by atoms with Gasteiger partial charge in [0.1, 0.15) is 19.3 Å². The van der Waals surface area contributed by atoms with E-state index in [9.17, 15) is 43.2 Å². The van der Waals surface area contributed by atoms with Crippen LogP contribution >= 0.6 is 15.6 Å². The van der Waals surface area contributed by atoms with Gasteiger partial charge in [0.25, 0.3) is 0 Å². The van der Waals surface area contributed by atoms with Crippen LogP contribution in [0.2, 0.25) is 0 Å². The van der Waals surface area contributed by atoms with Crippen molar-refractivity contribution in [3.63, 3.8) is 0 Å². The lowest BCUT2D eigenvalue weighted by Gasteiger charge is -2.21. The zero-order valence-corrected chi connectivity index (χ0v) is 78.6. The minimum atomic E-state index is -4.97. The van der Waals surface area contributed by atoms with Gasteiger partial charge in [0.15, 0.2) is 12.2 Å². The molecule has 0 rings (SSSR count). The van der Waals surface area contributed by atoms with Crippen LogP contribution in [0.5, 0.6) is 0 Å². The van der Waals surface area contributed by atoms with Gasteiger partial charge in [-0.1, -0.05) is 478 Å². The third-order valence-electron chi connectivity index (χ3n) is 23.3. The Morgan fingerprint density at radius 1 is 0.250 bits per heavy atom. The molecule has 0 spiro atoms. The van der Waals surface area contributed by atoms with Gasteiger partial charge in [-0.15, -0.1) is 0 Å². The highest BCUT2D eigenvalue weighted by molar-refractivity contribution is 7.47. The van der Waals surface area contributed by atoms with Gasteiger partial charge in [0, 0.05) is 25.7 Å². The van der Waals surface area contributed by atoms with Crippen LogP contribution in [-0.4, -0.2) is 96.7 Å². The molecule has 0 saturated heterocycles. The minimum Gasteiger partial charge on any atom is -0.462 e. The summed E-state index contributed by atoms with van der Waals surface area (Å²) in [4.78, 5) is 73.6. The number of hydrogen-bond acceptors (Lipinski definition) is 15. The first kappa shape index (κ1) is 114. The van der Waals surface area contributed by atoms with Crippen molar-refractivity contribution in [2.75, 3.05) is 39.6 Å². The fourth-order valence-electron chi connectivity index (χ4n) is 15.3. The van der Waals surface area contributed by atoms with Crippen molar-refractivity contribution in [2.24, 2.45) is 11.8 Å². The molecule has 690 valence electrons. The Kier molecular flexibility index (Phi) is 86.5. The van der Waals surface area contributed by atoms with Crippen molar-refractivity contribution in [2.45, 2.75) is 548 Å². The predicted octanol–water partition coefficient (Wildman–Crippen LogP) is 30.5. The van der Waals surface area contributed by atoms with E-state index in [1.807, 2.05) is 0 Å². The van der Waals surface area contributed by atoms with E-state index in [0.29, 0.717) is 25.7 Å². The highest BCUT2D eigenvalue weighted by Crippen LogP contribution is 2.45. The van der Waals surface area contributed by atoms with Crippen LogP contribution < -0.4 is 0 Å². The van der Waals surface area contributed by atoms with E-state index < -0.39 is 97.5 Å². The Morgan fingerprint density at radius 3 is 0.655 bits per heavy atom. The zero-order chi connectivity index (χ0) is 84.8. The quantitative estimate of drug-likeness (QED) is 0.0222. The molecule has 19 heteroatoms. The van der Waals surface area contributed by atoms with Gasteiger partial charge < -0.3 is 33.8 Å². The molecule has 0 aliphatic carbocycles. The Morgan fingerprint density at radius 2 is 0.440 bits per heavy atom. The number of carbonyl (C=O) groups excluding carboxylic acids is 4. The summed E-state index contributed by atoms with van der Waals surface area (Å²) in [6.07, 6.45) is 84.9. The molecule has 0 heterocycles. The predicted molar refractivity (Wildman–Crippen MR) is 483 cm³/mol. The standard InChI is InChI=1S/C97H190O17P2/c1-7-10-12-14-16-18-20-21-22-23-24-25-26-27-34-39-44-50-56-62-68-74-80-95(100)108-86-93(114-97(102)82-76-70-64-58-52-46-41-36-31-29-33-38-43-49-54-60-66-72-78-90(6)9-3)88-112-116(105,106)110-84-91(98)83-109-115(103,104)111-87-92(85-107-94(99)79-73-67-61-55-47-19-17-15-13-11-8-2)113-96(101)81-75-69-63-57-51-45-40-35-30-28-32-37-42-48-53-59-65-71-77-89(4)5/h89-93,98H,7-88H2,1-6H3,(H,103,104)(H,105,106)/t90?,91-,92+,93+/m0/s1. The molecule has 3 N–H and O–H groups in total. The normalized spacial score (nSPS) is 13.9. The molecule has 0 aromatic rings. The van der Waals surface area contributed by atoms with Gasteiger partial charge in [-0.3, -0.25) is 37.3 Å². The number of rotatable bonds is 96. The van der Waals surface area contributed by atoms with Gasteiger partial charge in [-0.2, -0.15) is 0 Å². The van der Waals surface area contributed by atoms with Crippen molar-refractivity contribution in [3.05, 3.63) is 0 Å². The van der Waals surface area contributed by atoms with E-state index >= 15 is 0 Å². The molecule has 0 amide bonds. The second kappa shape index (κ2) is 87.9. The smallest absolute Gasteiger partial charge is 0.462 e. The van der Waals surface area contributed by atoms with Crippen LogP contribution in [0.1, 0.15) is 530 Å². The highest BCUT2D eigenvalue weighted by Gasteiger charge is 2.31. The molecule has 3 unspecified atom stereocenters. The number of unbranched alkanes of at least 4 members (excludes halogenated alkanes) is 65. The summed E-state index contributed by atoms with van der Waals surface area (Å²) in [6, 6.07) is 0. The average Bonchev–Trinajstić information content (AvgIpc) is 0.900. The highest BCUT2D eigenvalue weighted by atomic mass is 31.2. The maximum atomic E-state index is 13.2. The molecule has 0 aromatic carbocycles. The van der Waals surface area contributed by atoms with Crippen molar-refractivity contribution in [1.29, 1.82) is 0 Å². The summed E-state index contributed by atoms with van der Waals surface area (Å²) in [5.74, 6) is -0.398. The van der Waals surface area contributed by atoms with Crippen LogP contribution in [0, 0.1) is 11.8 Å². The first-order valence-corrected chi connectivity index (χ1v) is 53.0. The number of phosphoric ester groups is 2. The SMILES string of the molecule is CCCCCCCCCCCCCCCCCCCCCCCCC(=O)OC[C@H](COP(=O)(O)OC[C@@H](O)COP(=O)(O)OC[C@@H](COC(=O)CCCCCCCCCCCCC)OC(=O)CCCCCCCCCCCCCCCCCCCCC(C)C)OC(=O)CCCCCCCCCCCCCCCCCCCCC(C)CC. The molecule has 0 aliphatic rings. The molecule has 0 bridgehead atoms. The Bertz CT molecular complexity index is 2210. The van der Waals surface area contributed by atoms with Crippen LogP contribution in [0.3, 0.4) is 0 Å². The molecule has 0 saturated carbocycles. The Hall–Kier alpha value is -1.94. The third kappa shape index (κ3) is 88.4.